The first kappa shape index (κ1) is 26.6. The molecule has 0 aliphatic carbocycles. The van der Waals surface area contributed by atoms with E-state index >= 15 is 0 Å². The van der Waals surface area contributed by atoms with Crippen molar-refractivity contribution in [2.75, 3.05) is 6.54 Å². The first-order chi connectivity index (χ1) is 15.5. The van der Waals surface area contributed by atoms with Crippen LogP contribution in [-0.2, 0) is 31.1 Å². The fraction of sp³-hybridized carbons (Fsp3) is 0.571. The third-order valence-electron chi connectivity index (χ3n) is 5.21. The quantitative estimate of drug-likeness (QED) is 0.283. The minimum Gasteiger partial charge on any atom is -0.445 e. The highest BCUT2D eigenvalue weighted by molar-refractivity contribution is 7.86. The molecular formula is C21H31N3O8S. The highest BCUT2D eigenvalue weighted by atomic mass is 32.2. The fourth-order valence-corrected chi connectivity index (χ4v) is 4.12. The molecule has 1 aromatic rings. The third kappa shape index (κ3) is 8.63. The molecule has 3 amide bonds. The van der Waals surface area contributed by atoms with Crippen LogP contribution in [0, 0.1) is 11.8 Å². The van der Waals surface area contributed by atoms with Crippen LogP contribution >= 0.6 is 0 Å². The zero-order valence-electron chi connectivity index (χ0n) is 18.6. The molecule has 1 fully saturated rings. The molecule has 1 saturated heterocycles. The van der Waals surface area contributed by atoms with E-state index < -0.39 is 45.6 Å². The smallest absolute Gasteiger partial charge is 0.408 e. The summed E-state index contributed by atoms with van der Waals surface area (Å²) in [7, 11) is -4.92. The number of carbonyl (C=O) groups excluding carboxylic acids is 3. The summed E-state index contributed by atoms with van der Waals surface area (Å²) in [5, 5.41) is 17.5. The first-order valence-corrected chi connectivity index (χ1v) is 12.2. The van der Waals surface area contributed by atoms with Crippen LogP contribution in [-0.4, -0.2) is 60.0 Å². The van der Waals surface area contributed by atoms with Gasteiger partial charge in [0, 0.05) is 12.5 Å². The summed E-state index contributed by atoms with van der Waals surface area (Å²) in [5.74, 6) is -1.77. The first-order valence-electron chi connectivity index (χ1n) is 10.7. The topological polar surface area (TPSA) is 171 Å². The fourth-order valence-electron chi connectivity index (χ4n) is 3.52. The summed E-state index contributed by atoms with van der Waals surface area (Å²) in [4.78, 5) is 37.1. The second-order valence-corrected chi connectivity index (χ2v) is 9.93. The number of ether oxygens (including phenoxy) is 1. The number of nitrogens with one attached hydrogen (secondary N) is 3. The molecular weight excluding hydrogens is 454 g/mol. The number of rotatable bonds is 11. The standard InChI is InChI=1S/C21H31N3O8S/c1-13(2)10-16(24-21(28)32-12-14-6-4-3-5-7-14)19(26)23-17(20(27)33(29,30)31)11-15-8-9-22-18(15)25/h3-7,13,15-17,20,27H,8-12H2,1-2H3,(H,22,25)(H,23,26)(H,24,28)(H,29,30,31)/t15-,16-,17-,20-/m0/s1. The second-order valence-electron chi connectivity index (χ2n) is 8.42. The molecule has 1 aromatic carbocycles. The predicted octanol–water partition coefficient (Wildman–Crippen LogP) is 0.545. The van der Waals surface area contributed by atoms with Gasteiger partial charge in [0.1, 0.15) is 12.6 Å². The molecule has 12 heteroatoms. The minimum absolute atomic E-state index is 0.0103. The van der Waals surface area contributed by atoms with Gasteiger partial charge in [-0.3, -0.25) is 14.1 Å². The molecule has 2 rings (SSSR count). The highest BCUT2D eigenvalue weighted by Crippen LogP contribution is 2.20. The Hall–Kier alpha value is -2.70. The largest absolute Gasteiger partial charge is 0.445 e. The predicted molar refractivity (Wildman–Crippen MR) is 118 cm³/mol. The van der Waals surface area contributed by atoms with Crippen LogP contribution in [0.25, 0.3) is 0 Å². The second kappa shape index (κ2) is 12.0. The normalized spacial score (nSPS) is 18.8. The zero-order valence-corrected chi connectivity index (χ0v) is 19.4. The van der Waals surface area contributed by atoms with Crippen molar-refractivity contribution in [3.8, 4) is 0 Å². The van der Waals surface area contributed by atoms with Gasteiger partial charge in [-0.2, -0.15) is 8.42 Å². The number of aliphatic hydroxyl groups is 1. The van der Waals surface area contributed by atoms with Crippen molar-refractivity contribution in [2.24, 2.45) is 11.8 Å². The molecule has 0 radical (unpaired) electrons. The average Bonchev–Trinajstić information content (AvgIpc) is 3.14. The Kier molecular flexibility index (Phi) is 9.62. The van der Waals surface area contributed by atoms with Crippen molar-refractivity contribution in [1.82, 2.24) is 16.0 Å². The molecule has 0 spiro atoms. The molecule has 0 unspecified atom stereocenters. The van der Waals surface area contributed by atoms with Gasteiger partial charge in [0.15, 0.2) is 0 Å². The van der Waals surface area contributed by atoms with Gasteiger partial charge in [-0.15, -0.1) is 0 Å². The Labute approximate surface area is 193 Å². The van der Waals surface area contributed by atoms with Crippen LogP contribution in [0.3, 0.4) is 0 Å². The van der Waals surface area contributed by atoms with Crippen LogP contribution in [0.15, 0.2) is 30.3 Å². The van der Waals surface area contributed by atoms with Gasteiger partial charge in [-0.1, -0.05) is 44.2 Å². The minimum atomic E-state index is -4.92. The molecule has 1 heterocycles. The monoisotopic (exact) mass is 485 g/mol. The number of aliphatic hydroxyl groups excluding tert-OH is 1. The lowest BCUT2D eigenvalue weighted by atomic mass is 9.97. The van der Waals surface area contributed by atoms with Crippen molar-refractivity contribution in [1.29, 1.82) is 0 Å². The van der Waals surface area contributed by atoms with Gasteiger partial charge < -0.3 is 25.8 Å². The number of benzene rings is 1. The molecule has 184 valence electrons. The average molecular weight is 486 g/mol. The Balaban J connectivity index is 2.08. The Bertz CT molecular complexity index is 923. The van der Waals surface area contributed by atoms with Gasteiger partial charge in [-0.05, 0) is 30.7 Å². The van der Waals surface area contributed by atoms with Crippen molar-refractivity contribution >= 4 is 28.0 Å². The van der Waals surface area contributed by atoms with E-state index in [0.717, 1.165) is 5.56 Å². The Morgan fingerprint density at radius 2 is 1.88 bits per heavy atom. The summed E-state index contributed by atoms with van der Waals surface area (Å²) in [6, 6.07) is 6.38. The number of amides is 3. The molecule has 4 atom stereocenters. The number of hydrogen-bond donors (Lipinski definition) is 5. The lowest BCUT2D eigenvalue weighted by Gasteiger charge is -2.27. The van der Waals surface area contributed by atoms with Crippen LogP contribution in [0.2, 0.25) is 0 Å². The summed E-state index contributed by atoms with van der Waals surface area (Å²) in [6.45, 7) is 4.02. The van der Waals surface area contributed by atoms with E-state index in [9.17, 15) is 32.5 Å². The summed E-state index contributed by atoms with van der Waals surface area (Å²) >= 11 is 0. The molecule has 0 saturated carbocycles. The van der Waals surface area contributed by atoms with Crippen molar-refractivity contribution in [2.45, 2.75) is 57.2 Å². The van der Waals surface area contributed by atoms with E-state index in [4.69, 9.17) is 4.74 Å². The Morgan fingerprint density at radius 3 is 2.42 bits per heavy atom. The van der Waals surface area contributed by atoms with Crippen molar-refractivity contribution < 1.29 is 37.2 Å². The lowest BCUT2D eigenvalue weighted by Crippen LogP contribution is -2.54. The maximum atomic E-state index is 12.9. The number of alkyl carbamates (subject to hydrolysis) is 1. The third-order valence-corrected chi connectivity index (χ3v) is 6.15. The van der Waals surface area contributed by atoms with Crippen LogP contribution < -0.4 is 16.0 Å². The van der Waals surface area contributed by atoms with Crippen LogP contribution in [0.4, 0.5) is 4.79 Å². The highest BCUT2D eigenvalue weighted by Gasteiger charge is 2.37. The van der Waals surface area contributed by atoms with Gasteiger partial charge >= 0.3 is 6.09 Å². The van der Waals surface area contributed by atoms with Gasteiger partial charge in [0.05, 0.1) is 6.04 Å². The molecule has 0 bridgehead atoms. The molecule has 1 aliphatic rings. The number of carbonyl (C=O) groups is 3. The number of hydrogen-bond acceptors (Lipinski definition) is 7. The molecule has 33 heavy (non-hydrogen) atoms. The van der Waals surface area contributed by atoms with E-state index in [1.54, 1.807) is 24.3 Å². The van der Waals surface area contributed by atoms with Crippen molar-refractivity contribution in [3.05, 3.63) is 35.9 Å². The van der Waals surface area contributed by atoms with Gasteiger partial charge in [0.25, 0.3) is 10.1 Å². The summed E-state index contributed by atoms with van der Waals surface area (Å²) in [6.07, 6.45) is -0.458. The molecule has 5 N–H and O–H groups in total. The van der Waals surface area contributed by atoms with Gasteiger partial charge in [-0.25, -0.2) is 4.79 Å². The van der Waals surface area contributed by atoms with Crippen LogP contribution in [0.5, 0.6) is 0 Å². The lowest BCUT2D eigenvalue weighted by molar-refractivity contribution is -0.126. The van der Waals surface area contributed by atoms with E-state index in [0.29, 0.717) is 13.0 Å². The SMILES string of the molecule is CC(C)C[C@H](NC(=O)OCc1ccccc1)C(=O)N[C@@H](C[C@@H]1CCNC1=O)[C@@H](O)S(=O)(=O)O. The Morgan fingerprint density at radius 1 is 1.21 bits per heavy atom. The summed E-state index contributed by atoms with van der Waals surface area (Å²) < 4.78 is 37.5. The summed E-state index contributed by atoms with van der Waals surface area (Å²) in [5.41, 5.74) is -1.58. The van der Waals surface area contributed by atoms with E-state index in [2.05, 4.69) is 16.0 Å². The van der Waals surface area contributed by atoms with Gasteiger partial charge in [0.2, 0.25) is 17.3 Å². The maximum absolute atomic E-state index is 12.9. The molecule has 1 aliphatic heterocycles. The van der Waals surface area contributed by atoms with Crippen molar-refractivity contribution in [3.63, 3.8) is 0 Å². The maximum Gasteiger partial charge on any atom is 0.408 e. The molecule has 0 aromatic heterocycles. The van der Waals surface area contributed by atoms with E-state index in [1.807, 2.05) is 19.9 Å². The van der Waals surface area contributed by atoms with E-state index in [1.165, 1.54) is 0 Å². The zero-order chi connectivity index (χ0) is 24.6. The van der Waals surface area contributed by atoms with Crippen LogP contribution in [0.1, 0.15) is 38.7 Å². The van der Waals surface area contributed by atoms with E-state index in [-0.39, 0.29) is 31.3 Å². The molecule has 11 nitrogen and oxygen atoms in total.